The van der Waals surface area contributed by atoms with Crippen molar-refractivity contribution in [2.75, 3.05) is 45.9 Å². The van der Waals surface area contributed by atoms with Crippen molar-refractivity contribution in [3.05, 3.63) is 30.3 Å². The lowest BCUT2D eigenvalue weighted by atomic mass is 9.81. The largest absolute Gasteiger partial charge is 0.395 e. The van der Waals surface area contributed by atoms with Gasteiger partial charge >= 0.3 is 0 Å². The zero-order chi connectivity index (χ0) is 23.8. The molecule has 0 aromatic heterocycles. The molecule has 33 heavy (non-hydrogen) atoms. The molecule has 1 atom stereocenters. The van der Waals surface area contributed by atoms with Gasteiger partial charge in [-0.2, -0.15) is 0 Å². The third-order valence-corrected chi connectivity index (χ3v) is 8.10. The number of amides is 2. The van der Waals surface area contributed by atoms with E-state index in [2.05, 4.69) is 14.9 Å². The Morgan fingerprint density at radius 1 is 1.06 bits per heavy atom. The van der Waals surface area contributed by atoms with Gasteiger partial charge in [0.15, 0.2) is 0 Å². The second-order valence-corrected chi connectivity index (χ2v) is 10.8. The van der Waals surface area contributed by atoms with Gasteiger partial charge in [-0.25, -0.2) is 13.1 Å². The third-order valence-electron chi connectivity index (χ3n) is 6.66. The van der Waals surface area contributed by atoms with Crippen LogP contribution >= 0.6 is 0 Å². The van der Waals surface area contributed by atoms with Crippen LogP contribution in [0.15, 0.2) is 35.2 Å². The van der Waals surface area contributed by atoms with Crippen molar-refractivity contribution in [2.45, 2.75) is 43.5 Å². The van der Waals surface area contributed by atoms with Gasteiger partial charge in [0.05, 0.1) is 11.5 Å². The Morgan fingerprint density at radius 2 is 1.70 bits per heavy atom. The smallest absolute Gasteiger partial charge is 0.244 e. The molecule has 184 valence electrons. The van der Waals surface area contributed by atoms with E-state index in [9.17, 15) is 18.0 Å². The number of nitrogens with one attached hydrogen (secondary N) is 2. The lowest BCUT2D eigenvalue weighted by Crippen LogP contribution is -2.55. The second kappa shape index (κ2) is 11.9. The quantitative estimate of drug-likeness (QED) is 0.471. The van der Waals surface area contributed by atoms with Crippen LogP contribution < -0.4 is 10.0 Å². The minimum atomic E-state index is -3.52. The molecule has 1 aromatic carbocycles. The molecule has 0 bridgehead atoms. The lowest BCUT2D eigenvalue weighted by molar-refractivity contribution is -0.138. The Labute approximate surface area is 196 Å². The Hall–Kier alpha value is -2.01. The van der Waals surface area contributed by atoms with Gasteiger partial charge in [0.25, 0.3) is 0 Å². The summed E-state index contributed by atoms with van der Waals surface area (Å²) in [7, 11) is -3.52. The summed E-state index contributed by atoms with van der Waals surface area (Å²) < 4.78 is 27.5. The molecule has 9 nitrogen and oxygen atoms in total. The van der Waals surface area contributed by atoms with E-state index in [1.807, 2.05) is 0 Å². The molecule has 3 rings (SSSR count). The Kier molecular flexibility index (Phi) is 9.25. The highest BCUT2D eigenvalue weighted by atomic mass is 32.2. The number of hydrogen-bond acceptors (Lipinski definition) is 6. The summed E-state index contributed by atoms with van der Waals surface area (Å²) >= 11 is 0. The van der Waals surface area contributed by atoms with Crippen LogP contribution in [0.3, 0.4) is 0 Å². The van der Waals surface area contributed by atoms with Crippen molar-refractivity contribution in [2.24, 2.45) is 11.8 Å². The van der Waals surface area contributed by atoms with Crippen LogP contribution in [-0.2, 0) is 19.6 Å². The highest BCUT2D eigenvalue weighted by Crippen LogP contribution is 2.29. The highest BCUT2D eigenvalue weighted by Gasteiger charge is 2.30. The number of aliphatic hydroxyl groups is 1. The summed E-state index contributed by atoms with van der Waals surface area (Å²) in [5.41, 5.74) is 0. The standard InChI is InChI=1S/C23H36N4O5S/c1-18(23(30)27-13-11-26(12-14-27)15-16-28)25-22(29)20-9-7-19(8-10-20)17-24-33(31,32)21-5-3-2-4-6-21/h2-6,18-20,24,28H,7-17H2,1H3,(H,25,29)/t18-,19?,20?/m1/s1. The van der Waals surface area contributed by atoms with Crippen LogP contribution in [0.25, 0.3) is 0 Å². The van der Waals surface area contributed by atoms with Crippen LogP contribution in [0, 0.1) is 11.8 Å². The molecule has 2 fully saturated rings. The topological polar surface area (TPSA) is 119 Å². The number of β-amino-alcohol motifs (C(OH)–C–C–N with tert-alkyl or cyclic N) is 1. The van der Waals surface area contributed by atoms with Gasteiger partial charge in [-0.15, -0.1) is 0 Å². The van der Waals surface area contributed by atoms with Crippen LogP contribution in [0.1, 0.15) is 32.6 Å². The fraction of sp³-hybridized carbons (Fsp3) is 0.652. The first kappa shape index (κ1) is 25.6. The zero-order valence-corrected chi connectivity index (χ0v) is 20.1. The van der Waals surface area contributed by atoms with Gasteiger partial charge in [-0.1, -0.05) is 18.2 Å². The number of benzene rings is 1. The Bertz CT molecular complexity index is 879. The maximum absolute atomic E-state index is 12.7. The lowest BCUT2D eigenvalue weighted by Gasteiger charge is -2.36. The van der Waals surface area contributed by atoms with E-state index in [4.69, 9.17) is 5.11 Å². The number of sulfonamides is 1. The van der Waals surface area contributed by atoms with E-state index in [0.717, 1.165) is 25.9 Å². The van der Waals surface area contributed by atoms with Gasteiger partial charge in [0.1, 0.15) is 6.04 Å². The highest BCUT2D eigenvalue weighted by molar-refractivity contribution is 7.89. The summed E-state index contributed by atoms with van der Waals surface area (Å²) in [5, 5.41) is 11.9. The predicted octanol–water partition coefficient (Wildman–Crippen LogP) is 0.413. The van der Waals surface area contributed by atoms with Crippen molar-refractivity contribution >= 4 is 21.8 Å². The number of nitrogens with zero attached hydrogens (tertiary/aromatic N) is 2. The van der Waals surface area contributed by atoms with E-state index in [1.54, 1.807) is 42.2 Å². The van der Waals surface area contributed by atoms with E-state index in [0.29, 0.717) is 39.0 Å². The van der Waals surface area contributed by atoms with Crippen LogP contribution in [-0.4, -0.2) is 87.1 Å². The normalized spacial score (nSPS) is 23.2. The first-order valence-electron chi connectivity index (χ1n) is 11.8. The average molecular weight is 481 g/mol. The maximum Gasteiger partial charge on any atom is 0.244 e. The van der Waals surface area contributed by atoms with Gasteiger partial charge in [-0.3, -0.25) is 14.5 Å². The average Bonchev–Trinajstić information content (AvgIpc) is 2.84. The van der Waals surface area contributed by atoms with Crippen molar-refractivity contribution in [1.29, 1.82) is 0 Å². The van der Waals surface area contributed by atoms with Gasteiger partial charge in [-0.05, 0) is 50.7 Å². The molecule has 1 heterocycles. The predicted molar refractivity (Wildman–Crippen MR) is 125 cm³/mol. The monoisotopic (exact) mass is 480 g/mol. The summed E-state index contributed by atoms with van der Waals surface area (Å²) in [5.74, 6) is -0.125. The number of piperazine rings is 1. The summed E-state index contributed by atoms with van der Waals surface area (Å²) in [6.07, 6.45) is 2.91. The summed E-state index contributed by atoms with van der Waals surface area (Å²) in [4.78, 5) is 29.6. The fourth-order valence-corrected chi connectivity index (χ4v) is 5.68. The van der Waals surface area contributed by atoms with E-state index in [1.165, 1.54) is 0 Å². The number of carbonyl (C=O) groups excluding carboxylic acids is 2. The van der Waals surface area contributed by atoms with Crippen LogP contribution in [0.2, 0.25) is 0 Å². The Morgan fingerprint density at radius 3 is 2.30 bits per heavy atom. The molecule has 0 unspecified atom stereocenters. The van der Waals surface area contributed by atoms with E-state index < -0.39 is 16.1 Å². The molecule has 1 saturated heterocycles. The number of rotatable bonds is 9. The van der Waals surface area contributed by atoms with Crippen LogP contribution in [0.4, 0.5) is 0 Å². The molecular formula is C23H36N4O5S. The van der Waals surface area contributed by atoms with Gasteiger partial charge in [0, 0.05) is 45.2 Å². The van der Waals surface area contributed by atoms with E-state index in [-0.39, 0.29) is 35.2 Å². The Balaban J connectivity index is 1.39. The molecule has 1 aromatic rings. The molecule has 1 saturated carbocycles. The molecule has 0 radical (unpaired) electrons. The minimum Gasteiger partial charge on any atom is -0.395 e. The maximum atomic E-state index is 12.7. The molecule has 2 amide bonds. The van der Waals surface area contributed by atoms with Gasteiger partial charge < -0.3 is 15.3 Å². The van der Waals surface area contributed by atoms with Crippen LogP contribution in [0.5, 0.6) is 0 Å². The number of carbonyl (C=O) groups is 2. The molecule has 1 aliphatic heterocycles. The second-order valence-electron chi connectivity index (χ2n) is 9.00. The third kappa shape index (κ3) is 7.23. The molecule has 10 heteroatoms. The molecule has 2 aliphatic rings. The van der Waals surface area contributed by atoms with Crippen molar-refractivity contribution in [1.82, 2.24) is 19.8 Å². The van der Waals surface area contributed by atoms with Crippen molar-refractivity contribution < 1.29 is 23.1 Å². The molecule has 1 aliphatic carbocycles. The first-order valence-corrected chi connectivity index (χ1v) is 13.3. The SMILES string of the molecule is C[C@@H](NC(=O)C1CCC(CNS(=O)(=O)c2ccccc2)CC1)C(=O)N1CCN(CCO)CC1. The summed E-state index contributed by atoms with van der Waals surface area (Å²) in [6.45, 7) is 5.47. The summed E-state index contributed by atoms with van der Waals surface area (Å²) in [6, 6.07) is 7.74. The number of aliphatic hydroxyl groups excluding tert-OH is 1. The van der Waals surface area contributed by atoms with E-state index >= 15 is 0 Å². The van der Waals surface area contributed by atoms with Crippen molar-refractivity contribution in [3.63, 3.8) is 0 Å². The first-order chi connectivity index (χ1) is 15.8. The number of hydrogen-bond donors (Lipinski definition) is 3. The van der Waals surface area contributed by atoms with Crippen molar-refractivity contribution in [3.8, 4) is 0 Å². The fourth-order valence-electron chi connectivity index (χ4n) is 4.54. The molecule has 3 N–H and O–H groups in total. The molecule has 0 spiro atoms. The minimum absolute atomic E-state index is 0.0731. The van der Waals surface area contributed by atoms with Gasteiger partial charge in [0.2, 0.25) is 21.8 Å². The molecular weight excluding hydrogens is 444 g/mol. The zero-order valence-electron chi connectivity index (χ0n) is 19.3.